The Morgan fingerprint density at radius 1 is 0.879 bits per heavy atom. The smallest absolute Gasteiger partial charge is 0.201 e. The summed E-state index contributed by atoms with van der Waals surface area (Å²) in [7, 11) is 0. The van der Waals surface area contributed by atoms with Crippen LogP contribution >= 0.6 is 0 Å². The van der Waals surface area contributed by atoms with Crippen LogP contribution in [-0.2, 0) is 6.42 Å². The minimum Gasteiger partial charge on any atom is -0.487 e. The molecule has 0 amide bonds. The maximum atomic E-state index is 14.8. The number of benzene rings is 1. The summed E-state index contributed by atoms with van der Waals surface area (Å²) >= 11 is 0. The molecule has 2 aliphatic carbocycles. The first-order valence-corrected chi connectivity index (χ1v) is 13.9. The van der Waals surface area contributed by atoms with Gasteiger partial charge in [0.15, 0.2) is 11.6 Å². The number of allylic oxidation sites excluding steroid dienone is 1. The predicted molar refractivity (Wildman–Crippen MR) is 133 cm³/mol. The summed E-state index contributed by atoms with van der Waals surface area (Å²) in [6.07, 6.45) is 22.0. The predicted octanol–water partition coefficient (Wildman–Crippen LogP) is 9.27. The van der Waals surface area contributed by atoms with Crippen LogP contribution in [0.2, 0.25) is 0 Å². The second kappa shape index (κ2) is 11.8. The van der Waals surface area contributed by atoms with E-state index in [9.17, 15) is 8.78 Å². The van der Waals surface area contributed by atoms with Crippen LogP contribution in [-0.4, -0.2) is 6.10 Å². The number of rotatable bonds is 8. The zero-order chi connectivity index (χ0) is 23.2. The number of hydrogen-bond acceptors (Lipinski definition) is 1. The first-order valence-electron chi connectivity index (χ1n) is 13.9. The second-order valence-corrected chi connectivity index (χ2v) is 11.1. The molecule has 2 saturated carbocycles. The van der Waals surface area contributed by atoms with Gasteiger partial charge in [0.25, 0.3) is 0 Å². The van der Waals surface area contributed by atoms with E-state index in [2.05, 4.69) is 19.9 Å². The molecule has 1 nitrogen and oxygen atoms in total. The maximum absolute atomic E-state index is 14.8. The van der Waals surface area contributed by atoms with Crippen molar-refractivity contribution >= 4 is 6.08 Å². The fourth-order valence-electron chi connectivity index (χ4n) is 6.60. The Morgan fingerprint density at radius 3 is 2.24 bits per heavy atom. The van der Waals surface area contributed by atoms with Crippen molar-refractivity contribution in [2.75, 3.05) is 0 Å². The molecule has 0 saturated heterocycles. The lowest BCUT2D eigenvalue weighted by molar-refractivity contribution is 0.151. The molecule has 0 N–H and O–H groups in total. The molecule has 0 radical (unpaired) electrons. The first-order chi connectivity index (χ1) is 16.1. The molecule has 3 heteroatoms. The fraction of sp³-hybridized carbons (Fsp3) is 0.733. The zero-order valence-electron chi connectivity index (χ0n) is 20.9. The number of halogens is 2. The van der Waals surface area contributed by atoms with E-state index < -0.39 is 11.6 Å². The highest BCUT2D eigenvalue weighted by atomic mass is 19.2. The Morgan fingerprint density at radius 2 is 1.58 bits per heavy atom. The molecule has 33 heavy (non-hydrogen) atoms. The molecule has 1 unspecified atom stereocenters. The van der Waals surface area contributed by atoms with Crippen molar-refractivity contribution in [2.45, 2.75) is 116 Å². The molecule has 1 atom stereocenters. The summed E-state index contributed by atoms with van der Waals surface area (Å²) in [6, 6.07) is 1.82. The maximum Gasteiger partial charge on any atom is 0.201 e. The van der Waals surface area contributed by atoms with E-state index in [1.807, 2.05) is 12.1 Å². The van der Waals surface area contributed by atoms with Crippen LogP contribution in [0.5, 0.6) is 5.75 Å². The number of ether oxygens (including phenoxy) is 1. The van der Waals surface area contributed by atoms with Crippen molar-refractivity contribution in [3.63, 3.8) is 0 Å². The zero-order valence-corrected chi connectivity index (χ0v) is 20.9. The van der Waals surface area contributed by atoms with E-state index in [1.165, 1.54) is 57.8 Å². The van der Waals surface area contributed by atoms with Crippen molar-refractivity contribution in [1.82, 2.24) is 0 Å². The van der Waals surface area contributed by atoms with Crippen LogP contribution in [0, 0.1) is 35.3 Å². The lowest BCUT2D eigenvalue weighted by Gasteiger charge is -2.37. The lowest BCUT2D eigenvalue weighted by Crippen LogP contribution is -2.25. The van der Waals surface area contributed by atoms with E-state index in [0.717, 1.165) is 61.8 Å². The highest BCUT2D eigenvalue weighted by molar-refractivity contribution is 5.55. The van der Waals surface area contributed by atoms with Crippen LogP contribution in [0.15, 0.2) is 12.1 Å². The van der Waals surface area contributed by atoms with Crippen LogP contribution in [0.1, 0.15) is 115 Å². The molecular formula is C30H44F2O. The summed E-state index contributed by atoms with van der Waals surface area (Å²) in [6.45, 7) is 4.50. The van der Waals surface area contributed by atoms with Gasteiger partial charge in [-0.2, -0.15) is 4.39 Å². The van der Waals surface area contributed by atoms with Gasteiger partial charge in [-0.1, -0.05) is 58.1 Å². The molecule has 1 aromatic carbocycles. The SMILES string of the molecule is CCCCCC1CCc2cc(C=CC3CCC([C@H]4CC[C@H](CC)CC4)CC3)c(F)c(F)c2O1. The molecule has 1 aromatic rings. The number of fused-ring (bicyclic) bond motifs is 1. The average molecular weight is 459 g/mol. The number of aryl methyl sites for hydroxylation is 1. The molecule has 1 aliphatic heterocycles. The van der Waals surface area contributed by atoms with Crippen LogP contribution in [0.25, 0.3) is 6.08 Å². The van der Waals surface area contributed by atoms with Gasteiger partial charge < -0.3 is 4.74 Å². The number of unbranched alkanes of at least 4 members (excludes halogenated alkanes) is 2. The van der Waals surface area contributed by atoms with Crippen molar-refractivity contribution in [3.8, 4) is 5.75 Å². The van der Waals surface area contributed by atoms with Crippen molar-refractivity contribution in [3.05, 3.63) is 34.9 Å². The molecule has 3 aliphatic rings. The average Bonchev–Trinajstić information content (AvgIpc) is 2.86. The minimum atomic E-state index is -0.793. The van der Waals surface area contributed by atoms with E-state index in [4.69, 9.17) is 4.74 Å². The summed E-state index contributed by atoms with van der Waals surface area (Å²) in [4.78, 5) is 0. The monoisotopic (exact) mass is 458 g/mol. The summed E-state index contributed by atoms with van der Waals surface area (Å²) in [5, 5.41) is 0. The van der Waals surface area contributed by atoms with Gasteiger partial charge in [0.1, 0.15) is 0 Å². The largest absolute Gasteiger partial charge is 0.487 e. The van der Waals surface area contributed by atoms with Crippen LogP contribution < -0.4 is 4.74 Å². The highest BCUT2D eigenvalue weighted by Crippen LogP contribution is 2.42. The number of hydrogen-bond donors (Lipinski definition) is 0. The van der Waals surface area contributed by atoms with Gasteiger partial charge in [0.2, 0.25) is 5.82 Å². The third kappa shape index (κ3) is 6.20. The van der Waals surface area contributed by atoms with E-state index in [-0.39, 0.29) is 11.9 Å². The van der Waals surface area contributed by atoms with E-state index in [0.29, 0.717) is 11.5 Å². The van der Waals surface area contributed by atoms with E-state index >= 15 is 0 Å². The second-order valence-electron chi connectivity index (χ2n) is 11.1. The molecule has 2 fully saturated rings. The summed E-state index contributed by atoms with van der Waals surface area (Å²) in [5.41, 5.74) is 1.21. The van der Waals surface area contributed by atoms with Gasteiger partial charge in [0.05, 0.1) is 6.10 Å². The van der Waals surface area contributed by atoms with Gasteiger partial charge >= 0.3 is 0 Å². The minimum absolute atomic E-state index is 0.0200. The Labute approximate surface area is 200 Å². The molecule has 0 aromatic heterocycles. The van der Waals surface area contributed by atoms with Crippen molar-refractivity contribution in [1.29, 1.82) is 0 Å². The first kappa shape index (κ1) is 24.7. The molecule has 0 spiro atoms. The molecule has 184 valence electrons. The normalized spacial score (nSPS) is 30.2. The van der Waals surface area contributed by atoms with Gasteiger partial charge in [-0.25, -0.2) is 4.39 Å². The topological polar surface area (TPSA) is 9.23 Å². The Bertz CT molecular complexity index is 785. The van der Waals surface area contributed by atoms with Gasteiger partial charge in [0, 0.05) is 5.56 Å². The Hall–Kier alpha value is -1.38. The highest BCUT2D eigenvalue weighted by Gasteiger charge is 2.30. The Kier molecular flexibility index (Phi) is 8.88. The summed E-state index contributed by atoms with van der Waals surface area (Å²) in [5.74, 6) is 1.88. The molecule has 1 heterocycles. The molecular weight excluding hydrogens is 414 g/mol. The van der Waals surface area contributed by atoms with E-state index in [1.54, 1.807) is 0 Å². The third-order valence-electron chi connectivity index (χ3n) is 8.92. The van der Waals surface area contributed by atoms with Gasteiger partial charge in [-0.15, -0.1) is 0 Å². The third-order valence-corrected chi connectivity index (χ3v) is 8.92. The Balaban J connectivity index is 1.32. The van der Waals surface area contributed by atoms with Crippen LogP contribution in [0.4, 0.5) is 8.78 Å². The molecule has 4 rings (SSSR count). The standard InChI is InChI=1S/C30H44F2O/c1-3-5-6-7-27-19-18-26-20-25(28(31)29(32)30(26)33-27)17-12-22-10-15-24(16-11-22)23-13-8-21(4-2)9-14-23/h12,17,20-24,27H,3-11,13-16,18-19H2,1-2H3/t21-,22?,23-,24?,27?. The van der Waals surface area contributed by atoms with Gasteiger partial charge in [-0.3, -0.25) is 0 Å². The quantitative estimate of drug-likeness (QED) is 0.353. The lowest BCUT2D eigenvalue weighted by atomic mass is 9.69. The van der Waals surface area contributed by atoms with Crippen molar-refractivity contribution in [2.24, 2.45) is 23.7 Å². The van der Waals surface area contributed by atoms with Crippen molar-refractivity contribution < 1.29 is 13.5 Å². The molecule has 0 bridgehead atoms. The van der Waals surface area contributed by atoms with Gasteiger partial charge in [-0.05, 0) is 99.5 Å². The summed E-state index contributed by atoms with van der Waals surface area (Å²) < 4.78 is 35.6. The fourth-order valence-corrected chi connectivity index (χ4v) is 6.60. The van der Waals surface area contributed by atoms with Crippen LogP contribution in [0.3, 0.4) is 0 Å².